The van der Waals surface area contributed by atoms with Crippen LogP contribution in [-0.2, 0) is 13.1 Å². The molecule has 1 aliphatic heterocycles. The number of nitrogens with one attached hydrogen (secondary N) is 2. The molecule has 0 unspecified atom stereocenters. The molecule has 1 fully saturated rings. The highest BCUT2D eigenvalue weighted by Crippen LogP contribution is 2.14. The second-order valence-corrected chi connectivity index (χ2v) is 6.19. The molecule has 0 radical (unpaired) electrons. The molecule has 1 saturated heterocycles. The minimum absolute atomic E-state index is 0.262. The van der Waals surface area contributed by atoms with Crippen molar-refractivity contribution < 1.29 is 4.79 Å². The number of hydrogen-bond donors (Lipinski definition) is 2. The molecule has 2 aromatic rings. The van der Waals surface area contributed by atoms with Gasteiger partial charge in [0, 0.05) is 13.1 Å². The van der Waals surface area contributed by atoms with E-state index >= 15 is 0 Å². The summed E-state index contributed by atoms with van der Waals surface area (Å²) in [4.78, 5) is 14.2. The molecule has 6 nitrogen and oxygen atoms in total. The summed E-state index contributed by atoms with van der Waals surface area (Å²) in [6.45, 7) is 3.86. The smallest absolute Gasteiger partial charge is 0.321 e. The van der Waals surface area contributed by atoms with Gasteiger partial charge in [-0.15, -0.1) is 10.2 Å². The Morgan fingerprint density at radius 3 is 2.86 bits per heavy atom. The van der Waals surface area contributed by atoms with Crippen LogP contribution in [-0.4, -0.2) is 34.2 Å². The average Bonchev–Trinajstić information content (AvgIpc) is 3.19. The van der Waals surface area contributed by atoms with Crippen molar-refractivity contribution in [3.8, 4) is 0 Å². The van der Waals surface area contributed by atoms with Gasteiger partial charge >= 0.3 is 6.03 Å². The highest BCUT2D eigenvalue weighted by Gasteiger charge is 2.11. The zero-order chi connectivity index (χ0) is 15.2. The third-order valence-electron chi connectivity index (χ3n) is 3.63. The first-order chi connectivity index (χ1) is 10.8. The molecule has 2 N–H and O–H groups in total. The first kappa shape index (κ1) is 14.9. The first-order valence-corrected chi connectivity index (χ1v) is 8.29. The fraction of sp³-hybridized carbons (Fsp3) is 0.400. The summed E-state index contributed by atoms with van der Waals surface area (Å²) in [7, 11) is 0. The maximum absolute atomic E-state index is 11.8. The lowest BCUT2D eigenvalue weighted by molar-refractivity contribution is 0.251. The molecule has 116 valence electrons. The van der Waals surface area contributed by atoms with Gasteiger partial charge in [-0.25, -0.2) is 4.79 Å². The summed E-state index contributed by atoms with van der Waals surface area (Å²) in [6.07, 6.45) is 2.60. The van der Waals surface area contributed by atoms with Crippen molar-refractivity contribution in [1.29, 1.82) is 0 Å². The second kappa shape index (κ2) is 7.33. The van der Waals surface area contributed by atoms with Crippen LogP contribution in [0.4, 0.5) is 9.93 Å². The summed E-state index contributed by atoms with van der Waals surface area (Å²) >= 11 is 1.29. The molecule has 0 bridgehead atoms. The fourth-order valence-corrected chi connectivity index (χ4v) is 3.03. The topological polar surface area (TPSA) is 70.2 Å². The van der Waals surface area contributed by atoms with E-state index in [-0.39, 0.29) is 6.03 Å². The van der Waals surface area contributed by atoms with E-state index in [1.807, 2.05) is 12.1 Å². The van der Waals surface area contributed by atoms with Crippen molar-refractivity contribution >= 4 is 22.5 Å². The predicted octanol–water partition coefficient (Wildman–Crippen LogP) is 2.46. The zero-order valence-corrected chi connectivity index (χ0v) is 13.1. The van der Waals surface area contributed by atoms with Gasteiger partial charge in [-0.3, -0.25) is 10.2 Å². The minimum atomic E-state index is -0.262. The zero-order valence-electron chi connectivity index (χ0n) is 12.3. The van der Waals surface area contributed by atoms with Crippen LogP contribution in [0.25, 0.3) is 0 Å². The van der Waals surface area contributed by atoms with E-state index < -0.39 is 0 Å². The van der Waals surface area contributed by atoms with Crippen molar-refractivity contribution in [1.82, 2.24) is 20.4 Å². The number of anilines is 1. The number of benzene rings is 1. The molecule has 7 heteroatoms. The summed E-state index contributed by atoms with van der Waals surface area (Å²) in [6, 6.07) is 8.11. The Hall–Kier alpha value is -1.99. The number of carbonyl (C=O) groups excluding carboxylic acids is 1. The number of aromatic nitrogens is 2. The summed E-state index contributed by atoms with van der Waals surface area (Å²) in [5.41, 5.74) is 3.98. The monoisotopic (exact) mass is 317 g/mol. The lowest BCUT2D eigenvalue weighted by atomic mass is 10.1. The van der Waals surface area contributed by atoms with Crippen LogP contribution in [0.5, 0.6) is 0 Å². The van der Waals surface area contributed by atoms with Crippen molar-refractivity contribution in [2.24, 2.45) is 0 Å². The third kappa shape index (κ3) is 4.25. The second-order valence-electron chi connectivity index (χ2n) is 5.35. The van der Waals surface area contributed by atoms with E-state index in [9.17, 15) is 4.79 Å². The van der Waals surface area contributed by atoms with Crippen LogP contribution in [0, 0.1) is 0 Å². The van der Waals surface area contributed by atoms with E-state index in [0.717, 1.165) is 12.1 Å². The molecular formula is C15H19N5OS. The number of carbonyl (C=O) groups is 1. The Labute approximate surface area is 133 Å². The number of rotatable bonds is 5. The van der Waals surface area contributed by atoms with Gasteiger partial charge in [-0.1, -0.05) is 35.6 Å². The van der Waals surface area contributed by atoms with Crippen LogP contribution in [0.3, 0.4) is 0 Å². The molecule has 2 heterocycles. The number of likely N-dealkylation sites (tertiary alicyclic amines) is 1. The molecule has 1 aromatic carbocycles. The Balaban J connectivity index is 1.50. The highest BCUT2D eigenvalue weighted by molar-refractivity contribution is 7.13. The SMILES string of the molecule is O=C(NCc1cccc(CN2CCCC2)c1)Nc1nncs1. The lowest BCUT2D eigenvalue weighted by Crippen LogP contribution is -2.28. The van der Waals surface area contributed by atoms with Crippen LogP contribution < -0.4 is 10.6 Å². The molecule has 1 aliphatic rings. The summed E-state index contributed by atoms with van der Waals surface area (Å²) in [5.74, 6) is 0. The maximum atomic E-state index is 11.8. The molecule has 0 aliphatic carbocycles. The van der Waals surface area contributed by atoms with Crippen molar-refractivity contribution in [3.63, 3.8) is 0 Å². The largest absolute Gasteiger partial charge is 0.334 e. The van der Waals surface area contributed by atoms with Gasteiger partial charge in [0.05, 0.1) is 0 Å². The van der Waals surface area contributed by atoms with Gasteiger partial charge in [0.2, 0.25) is 5.13 Å². The van der Waals surface area contributed by atoms with Gasteiger partial charge in [0.1, 0.15) is 5.51 Å². The summed E-state index contributed by atoms with van der Waals surface area (Å²) in [5, 5.41) is 13.4. The standard InChI is InChI=1S/C15H19N5OS/c21-14(18-15-19-17-11-22-15)16-9-12-4-3-5-13(8-12)10-20-6-1-2-7-20/h3-5,8,11H,1-2,6-7,9-10H2,(H2,16,18,19,21). The molecule has 1 aromatic heterocycles. The fourth-order valence-electron chi connectivity index (χ4n) is 2.59. The van der Waals surface area contributed by atoms with Crippen molar-refractivity contribution in [2.45, 2.75) is 25.9 Å². The Bertz CT molecular complexity index is 610. The van der Waals surface area contributed by atoms with E-state index in [2.05, 4.69) is 37.9 Å². The average molecular weight is 317 g/mol. The van der Waals surface area contributed by atoms with Crippen LogP contribution in [0.1, 0.15) is 24.0 Å². The van der Waals surface area contributed by atoms with Crippen LogP contribution in [0.2, 0.25) is 0 Å². The number of urea groups is 1. The lowest BCUT2D eigenvalue weighted by Gasteiger charge is -2.15. The van der Waals surface area contributed by atoms with Gasteiger partial charge in [-0.2, -0.15) is 0 Å². The van der Waals surface area contributed by atoms with E-state index in [1.165, 1.54) is 42.8 Å². The highest BCUT2D eigenvalue weighted by atomic mass is 32.1. The summed E-state index contributed by atoms with van der Waals surface area (Å²) < 4.78 is 0. The molecule has 2 amide bonds. The van der Waals surface area contributed by atoms with Gasteiger partial charge < -0.3 is 5.32 Å². The molecular weight excluding hydrogens is 298 g/mol. The molecule has 3 rings (SSSR count). The van der Waals surface area contributed by atoms with Crippen molar-refractivity contribution in [3.05, 3.63) is 40.9 Å². The third-order valence-corrected chi connectivity index (χ3v) is 4.24. The Morgan fingerprint density at radius 2 is 2.09 bits per heavy atom. The van der Waals surface area contributed by atoms with Crippen LogP contribution in [0.15, 0.2) is 29.8 Å². The molecule has 0 spiro atoms. The predicted molar refractivity (Wildman–Crippen MR) is 86.7 cm³/mol. The first-order valence-electron chi connectivity index (χ1n) is 7.41. The van der Waals surface area contributed by atoms with Crippen LogP contribution >= 0.6 is 11.3 Å². The number of hydrogen-bond acceptors (Lipinski definition) is 5. The van der Waals surface area contributed by atoms with Gasteiger partial charge in [0.25, 0.3) is 0 Å². The molecule has 22 heavy (non-hydrogen) atoms. The van der Waals surface area contributed by atoms with Gasteiger partial charge in [0.15, 0.2) is 0 Å². The maximum Gasteiger partial charge on any atom is 0.321 e. The number of nitrogens with zero attached hydrogens (tertiary/aromatic N) is 3. The van der Waals surface area contributed by atoms with E-state index in [1.54, 1.807) is 5.51 Å². The minimum Gasteiger partial charge on any atom is -0.334 e. The number of amides is 2. The Morgan fingerprint density at radius 1 is 1.27 bits per heavy atom. The van der Waals surface area contributed by atoms with E-state index in [0.29, 0.717) is 11.7 Å². The quantitative estimate of drug-likeness (QED) is 0.889. The van der Waals surface area contributed by atoms with Gasteiger partial charge in [-0.05, 0) is 37.1 Å². The normalized spacial score (nSPS) is 14.9. The Kier molecular flexibility index (Phi) is 4.97. The van der Waals surface area contributed by atoms with E-state index in [4.69, 9.17) is 0 Å². The molecule has 0 saturated carbocycles. The molecule has 0 atom stereocenters. The van der Waals surface area contributed by atoms with Crippen molar-refractivity contribution in [2.75, 3.05) is 18.4 Å².